The predicted octanol–water partition coefficient (Wildman–Crippen LogP) is 1.96. The van der Waals surface area contributed by atoms with Crippen molar-refractivity contribution >= 4 is 11.3 Å². The lowest BCUT2D eigenvalue weighted by Gasteiger charge is -2.14. The van der Waals surface area contributed by atoms with Gasteiger partial charge < -0.3 is 10.5 Å². The second-order valence-electron chi connectivity index (χ2n) is 3.71. The maximum atomic E-state index is 5.92. The molecule has 1 fully saturated rings. The molecular weight excluding hydrogens is 196 g/mol. The van der Waals surface area contributed by atoms with Crippen LogP contribution in [0.4, 0.5) is 0 Å². The van der Waals surface area contributed by atoms with E-state index in [9.17, 15) is 0 Å². The van der Waals surface area contributed by atoms with Crippen molar-refractivity contribution in [2.45, 2.75) is 44.8 Å². The van der Waals surface area contributed by atoms with E-state index in [4.69, 9.17) is 10.5 Å². The maximum Gasteiger partial charge on any atom is 0.273 e. The molecule has 1 aliphatic rings. The smallest absolute Gasteiger partial charge is 0.273 e. The number of hydrogen-bond donors (Lipinski definition) is 1. The van der Waals surface area contributed by atoms with E-state index in [1.54, 1.807) is 11.3 Å². The molecule has 1 heterocycles. The summed E-state index contributed by atoms with van der Waals surface area (Å²) < 4.78 is 5.75. The van der Waals surface area contributed by atoms with Gasteiger partial charge in [-0.3, -0.25) is 0 Å². The van der Waals surface area contributed by atoms with Gasteiger partial charge in [-0.15, -0.1) is 0 Å². The average Bonchev–Trinajstić information content (AvgIpc) is 2.77. The summed E-state index contributed by atoms with van der Waals surface area (Å²) in [6.45, 7) is 2.10. The van der Waals surface area contributed by atoms with Crippen LogP contribution in [0.3, 0.4) is 0 Å². The molecule has 2 N–H and O–H groups in total. The Bertz CT molecular complexity index is 300. The Hall–Kier alpha value is -0.610. The SMILES string of the molecule is CCc1csc(OC2CCCC2N)n1. The minimum Gasteiger partial charge on any atom is -0.465 e. The van der Waals surface area contributed by atoms with Gasteiger partial charge >= 0.3 is 0 Å². The first kappa shape index (κ1) is 9.93. The van der Waals surface area contributed by atoms with Gasteiger partial charge in [0.15, 0.2) is 0 Å². The topological polar surface area (TPSA) is 48.1 Å². The highest BCUT2D eigenvalue weighted by Crippen LogP contribution is 2.26. The van der Waals surface area contributed by atoms with Crippen molar-refractivity contribution < 1.29 is 4.74 Å². The van der Waals surface area contributed by atoms with E-state index in [0.29, 0.717) is 0 Å². The summed E-state index contributed by atoms with van der Waals surface area (Å²) in [4.78, 5) is 4.37. The van der Waals surface area contributed by atoms with Crippen LogP contribution >= 0.6 is 11.3 Å². The van der Waals surface area contributed by atoms with Gasteiger partial charge in [-0.1, -0.05) is 18.3 Å². The second kappa shape index (κ2) is 4.28. The third-order valence-electron chi connectivity index (χ3n) is 2.65. The lowest BCUT2D eigenvalue weighted by atomic mass is 10.2. The molecule has 2 atom stereocenters. The molecule has 0 spiro atoms. The fourth-order valence-corrected chi connectivity index (χ4v) is 2.54. The first-order valence-corrected chi connectivity index (χ1v) is 6.04. The first-order valence-electron chi connectivity index (χ1n) is 5.16. The molecule has 78 valence electrons. The summed E-state index contributed by atoms with van der Waals surface area (Å²) in [6, 6.07) is 0.198. The lowest BCUT2D eigenvalue weighted by molar-refractivity contribution is 0.190. The molecule has 4 heteroatoms. The fraction of sp³-hybridized carbons (Fsp3) is 0.700. The summed E-state index contributed by atoms with van der Waals surface area (Å²) in [5, 5.41) is 2.83. The monoisotopic (exact) mass is 212 g/mol. The molecule has 0 aromatic carbocycles. The molecule has 3 nitrogen and oxygen atoms in total. The summed E-state index contributed by atoms with van der Waals surface area (Å²) >= 11 is 1.57. The number of ether oxygens (including phenoxy) is 1. The number of rotatable bonds is 3. The molecule has 0 bridgehead atoms. The zero-order valence-corrected chi connectivity index (χ0v) is 9.22. The molecule has 2 unspecified atom stereocenters. The van der Waals surface area contributed by atoms with E-state index in [2.05, 4.69) is 17.3 Å². The molecule has 1 saturated carbocycles. The van der Waals surface area contributed by atoms with Gasteiger partial charge in [0.25, 0.3) is 5.19 Å². The van der Waals surface area contributed by atoms with E-state index >= 15 is 0 Å². The van der Waals surface area contributed by atoms with Crippen LogP contribution in [0.15, 0.2) is 5.38 Å². The number of nitrogens with two attached hydrogens (primary N) is 1. The summed E-state index contributed by atoms with van der Waals surface area (Å²) in [5.74, 6) is 0. The van der Waals surface area contributed by atoms with Crippen molar-refractivity contribution in [1.82, 2.24) is 4.98 Å². The number of hydrogen-bond acceptors (Lipinski definition) is 4. The third-order valence-corrected chi connectivity index (χ3v) is 3.43. The molecule has 1 aliphatic carbocycles. The van der Waals surface area contributed by atoms with Crippen molar-refractivity contribution in [3.8, 4) is 5.19 Å². The zero-order chi connectivity index (χ0) is 9.97. The molecule has 0 radical (unpaired) electrons. The van der Waals surface area contributed by atoms with Crippen molar-refractivity contribution in [2.75, 3.05) is 0 Å². The van der Waals surface area contributed by atoms with Crippen LogP contribution in [0.5, 0.6) is 5.19 Å². The third kappa shape index (κ3) is 2.07. The Morgan fingerprint density at radius 3 is 3.07 bits per heavy atom. The Morgan fingerprint density at radius 1 is 1.64 bits per heavy atom. The summed E-state index contributed by atoms with van der Waals surface area (Å²) in [5.41, 5.74) is 7.03. The van der Waals surface area contributed by atoms with Crippen molar-refractivity contribution in [3.05, 3.63) is 11.1 Å². The van der Waals surface area contributed by atoms with Crippen molar-refractivity contribution in [1.29, 1.82) is 0 Å². The van der Waals surface area contributed by atoms with E-state index in [1.807, 2.05) is 0 Å². The highest BCUT2D eigenvalue weighted by atomic mass is 32.1. The van der Waals surface area contributed by atoms with Crippen LogP contribution in [0.2, 0.25) is 0 Å². The highest BCUT2D eigenvalue weighted by Gasteiger charge is 2.26. The van der Waals surface area contributed by atoms with Gasteiger partial charge in [0, 0.05) is 11.4 Å². The average molecular weight is 212 g/mol. The minimum atomic E-state index is 0.186. The fourth-order valence-electron chi connectivity index (χ4n) is 1.74. The predicted molar refractivity (Wildman–Crippen MR) is 57.7 cm³/mol. The minimum absolute atomic E-state index is 0.186. The maximum absolute atomic E-state index is 5.92. The van der Waals surface area contributed by atoms with Gasteiger partial charge in [0.05, 0.1) is 5.69 Å². The molecule has 1 aromatic heterocycles. The van der Waals surface area contributed by atoms with Gasteiger partial charge in [-0.05, 0) is 25.7 Å². The van der Waals surface area contributed by atoms with Crippen molar-refractivity contribution in [3.63, 3.8) is 0 Å². The molecule has 1 aromatic rings. The van der Waals surface area contributed by atoms with Gasteiger partial charge in [0.2, 0.25) is 0 Å². The zero-order valence-electron chi connectivity index (χ0n) is 8.40. The summed E-state index contributed by atoms with van der Waals surface area (Å²) in [6.07, 6.45) is 4.48. The van der Waals surface area contributed by atoms with E-state index in [-0.39, 0.29) is 12.1 Å². The van der Waals surface area contributed by atoms with E-state index in [1.165, 1.54) is 6.42 Å². The Labute approximate surface area is 88.3 Å². The van der Waals surface area contributed by atoms with Crippen LogP contribution in [0.1, 0.15) is 31.9 Å². The molecule has 14 heavy (non-hydrogen) atoms. The lowest BCUT2D eigenvalue weighted by Crippen LogP contribution is -2.33. The normalized spacial score (nSPS) is 26.7. The van der Waals surface area contributed by atoms with Crippen LogP contribution in [-0.2, 0) is 6.42 Å². The van der Waals surface area contributed by atoms with Crippen LogP contribution in [-0.4, -0.2) is 17.1 Å². The molecule has 0 aliphatic heterocycles. The van der Waals surface area contributed by atoms with Crippen LogP contribution in [0.25, 0.3) is 0 Å². The summed E-state index contributed by atoms with van der Waals surface area (Å²) in [7, 11) is 0. The molecule has 0 amide bonds. The van der Waals surface area contributed by atoms with Gasteiger partial charge in [-0.2, -0.15) is 0 Å². The van der Waals surface area contributed by atoms with Crippen LogP contribution < -0.4 is 10.5 Å². The van der Waals surface area contributed by atoms with Gasteiger partial charge in [0.1, 0.15) is 6.10 Å². The standard InChI is InChI=1S/C10H16N2OS/c1-2-7-6-14-10(12-7)13-9-5-3-4-8(9)11/h6,8-9H,2-5,11H2,1H3. The Balaban J connectivity index is 1.96. The number of thiazole rings is 1. The highest BCUT2D eigenvalue weighted by molar-refractivity contribution is 7.11. The number of aryl methyl sites for hydroxylation is 1. The molecular formula is C10H16N2OS. The molecule has 0 saturated heterocycles. The molecule has 2 rings (SSSR count). The van der Waals surface area contributed by atoms with Crippen molar-refractivity contribution in [2.24, 2.45) is 5.73 Å². The second-order valence-corrected chi connectivity index (χ2v) is 4.53. The quantitative estimate of drug-likeness (QED) is 0.833. The Morgan fingerprint density at radius 2 is 2.50 bits per heavy atom. The largest absolute Gasteiger partial charge is 0.465 e. The van der Waals surface area contributed by atoms with E-state index in [0.717, 1.165) is 30.2 Å². The number of aromatic nitrogens is 1. The van der Waals surface area contributed by atoms with Crippen LogP contribution in [0, 0.1) is 0 Å². The van der Waals surface area contributed by atoms with Gasteiger partial charge in [-0.25, -0.2) is 4.98 Å². The number of nitrogens with zero attached hydrogens (tertiary/aromatic N) is 1. The van der Waals surface area contributed by atoms with E-state index < -0.39 is 0 Å². The Kier molecular flexibility index (Phi) is 3.03. The first-order chi connectivity index (χ1) is 6.79.